The third-order valence-electron chi connectivity index (χ3n) is 5.20. The molecule has 0 aliphatic heterocycles. The number of ether oxygens (including phenoxy) is 1. The monoisotopic (exact) mass is 483 g/mol. The Hall–Kier alpha value is -2.20. The Morgan fingerprint density at radius 3 is 2.66 bits per heavy atom. The van der Waals surface area contributed by atoms with Gasteiger partial charge in [-0.25, -0.2) is 18.6 Å². The molecule has 10 heteroatoms. The van der Waals surface area contributed by atoms with Crippen molar-refractivity contribution in [2.45, 2.75) is 55.4 Å². The van der Waals surface area contributed by atoms with Gasteiger partial charge in [0.25, 0.3) is 0 Å². The average molecular weight is 484 g/mol. The molecule has 1 heterocycles. The number of carbonyl (C=O) groups excluding carboxylic acids is 2. The van der Waals surface area contributed by atoms with Gasteiger partial charge < -0.3 is 4.74 Å². The van der Waals surface area contributed by atoms with Gasteiger partial charge in [0.15, 0.2) is 16.8 Å². The Balaban J connectivity index is 1.73. The van der Waals surface area contributed by atoms with Gasteiger partial charge in [-0.05, 0) is 51.7 Å². The predicted octanol–water partition coefficient (Wildman–Crippen LogP) is 6.08. The van der Waals surface area contributed by atoms with E-state index in [-0.39, 0.29) is 5.97 Å². The van der Waals surface area contributed by atoms with Crippen LogP contribution in [-0.4, -0.2) is 34.9 Å². The van der Waals surface area contributed by atoms with Crippen LogP contribution in [0.1, 0.15) is 46.5 Å². The number of amides is 2. The number of urea groups is 1. The Labute approximate surface area is 194 Å². The maximum absolute atomic E-state index is 13.8. The minimum Gasteiger partial charge on any atom is -0.465 e. The second-order valence-electron chi connectivity index (χ2n) is 8.11. The van der Waals surface area contributed by atoms with Crippen molar-refractivity contribution in [1.82, 2.24) is 4.98 Å². The van der Waals surface area contributed by atoms with Crippen LogP contribution in [0.4, 0.5) is 24.4 Å². The third-order valence-corrected chi connectivity index (χ3v) is 7.39. The summed E-state index contributed by atoms with van der Waals surface area (Å²) >= 11 is 2.54. The molecule has 1 fully saturated rings. The summed E-state index contributed by atoms with van der Waals surface area (Å²) in [6.45, 7) is 6.00. The van der Waals surface area contributed by atoms with E-state index in [1.807, 2.05) is 0 Å². The first-order chi connectivity index (χ1) is 15.2. The Morgan fingerprint density at radius 2 is 2.00 bits per heavy atom. The average Bonchev–Trinajstić information content (AvgIpc) is 3.40. The molecule has 2 amide bonds. The molecule has 174 valence electrons. The van der Waals surface area contributed by atoms with Crippen molar-refractivity contribution >= 4 is 45.9 Å². The SMILES string of the molecule is CCOC(=O)C(C)(C)Sc1cnc(NC(=O)N(CC2CCCC2)c2ccc(F)c(F)c2)s1. The highest BCUT2D eigenvalue weighted by Crippen LogP contribution is 2.38. The molecule has 1 saturated carbocycles. The van der Waals surface area contributed by atoms with Crippen LogP contribution in [-0.2, 0) is 9.53 Å². The molecule has 6 nitrogen and oxygen atoms in total. The number of nitrogens with one attached hydrogen (secondary N) is 1. The van der Waals surface area contributed by atoms with Gasteiger partial charge in [-0.3, -0.25) is 15.0 Å². The number of hydrogen-bond donors (Lipinski definition) is 1. The largest absolute Gasteiger partial charge is 0.465 e. The summed E-state index contributed by atoms with van der Waals surface area (Å²) in [5, 5.41) is 3.12. The Morgan fingerprint density at radius 1 is 1.28 bits per heavy atom. The lowest BCUT2D eigenvalue weighted by Crippen LogP contribution is -2.38. The molecule has 0 spiro atoms. The van der Waals surface area contributed by atoms with E-state index in [4.69, 9.17) is 4.74 Å². The molecule has 2 aromatic rings. The normalized spacial score (nSPS) is 14.4. The minimum atomic E-state index is -0.999. The first-order valence-corrected chi connectivity index (χ1v) is 12.2. The van der Waals surface area contributed by atoms with Crippen molar-refractivity contribution < 1.29 is 23.1 Å². The fourth-order valence-electron chi connectivity index (χ4n) is 3.53. The van der Waals surface area contributed by atoms with Gasteiger partial charge in [0.05, 0.1) is 17.0 Å². The number of nitrogens with zero attached hydrogens (tertiary/aromatic N) is 2. The third kappa shape index (κ3) is 6.19. The highest BCUT2D eigenvalue weighted by molar-refractivity contribution is 8.03. The van der Waals surface area contributed by atoms with Gasteiger partial charge in [0, 0.05) is 18.3 Å². The highest BCUT2D eigenvalue weighted by atomic mass is 32.2. The Bertz CT molecular complexity index is 962. The fraction of sp³-hybridized carbons (Fsp3) is 0.500. The lowest BCUT2D eigenvalue weighted by atomic mass is 10.1. The van der Waals surface area contributed by atoms with Crippen molar-refractivity contribution in [3.8, 4) is 0 Å². The van der Waals surface area contributed by atoms with Crippen molar-refractivity contribution in [2.24, 2.45) is 5.92 Å². The predicted molar refractivity (Wildman–Crippen MR) is 123 cm³/mol. The van der Waals surface area contributed by atoms with E-state index in [2.05, 4.69) is 10.3 Å². The van der Waals surface area contributed by atoms with Crippen LogP contribution in [0.5, 0.6) is 0 Å². The van der Waals surface area contributed by atoms with Crippen LogP contribution >= 0.6 is 23.1 Å². The lowest BCUT2D eigenvalue weighted by Gasteiger charge is -2.25. The maximum atomic E-state index is 13.8. The van der Waals surface area contributed by atoms with Crippen molar-refractivity contribution in [2.75, 3.05) is 23.4 Å². The first kappa shape index (κ1) is 24.4. The van der Waals surface area contributed by atoms with E-state index in [1.54, 1.807) is 27.0 Å². The number of halogens is 2. The number of aromatic nitrogens is 1. The fourth-order valence-corrected chi connectivity index (χ4v) is 5.85. The second-order valence-corrected chi connectivity index (χ2v) is 11.1. The summed E-state index contributed by atoms with van der Waals surface area (Å²) in [6, 6.07) is 3.00. The molecule has 32 heavy (non-hydrogen) atoms. The van der Waals surface area contributed by atoms with Gasteiger partial charge in [-0.15, -0.1) is 0 Å². The molecular weight excluding hydrogens is 456 g/mol. The van der Waals surface area contributed by atoms with E-state index in [0.29, 0.717) is 29.9 Å². The molecular formula is C22H27F2N3O3S2. The summed E-state index contributed by atoms with van der Waals surface area (Å²) in [4.78, 5) is 30.9. The van der Waals surface area contributed by atoms with E-state index < -0.39 is 22.4 Å². The molecule has 0 unspecified atom stereocenters. The molecule has 1 aliphatic rings. The number of thioether (sulfide) groups is 1. The zero-order valence-electron chi connectivity index (χ0n) is 18.3. The van der Waals surface area contributed by atoms with E-state index in [0.717, 1.165) is 42.0 Å². The van der Waals surface area contributed by atoms with Crippen LogP contribution in [0.15, 0.2) is 28.6 Å². The molecule has 1 aromatic carbocycles. The topological polar surface area (TPSA) is 71.5 Å². The van der Waals surface area contributed by atoms with Crippen LogP contribution in [0.2, 0.25) is 0 Å². The number of thiazole rings is 1. The van der Waals surface area contributed by atoms with Crippen molar-refractivity contribution in [1.29, 1.82) is 0 Å². The van der Waals surface area contributed by atoms with Crippen molar-refractivity contribution in [3.63, 3.8) is 0 Å². The number of carbonyl (C=O) groups is 2. The van der Waals surface area contributed by atoms with Gasteiger partial charge in [-0.2, -0.15) is 0 Å². The first-order valence-electron chi connectivity index (χ1n) is 10.5. The number of hydrogen-bond acceptors (Lipinski definition) is 6. The van der Waals surface area contributed by atoms with Gasteiger partial charge in [0.1, 0.15) is 4.75 Å². The van der Waals surface area contributed by atoms with Crippen LogP contribution in [0.3, 0.4) is 0 Å². The number of rotatable bonds is 8. The second kappa shape index (κ2) is 10.6. The quantitative estimate of drug-likeness (QED) is 0.364. The van der Waals surface area contributed by atoms with E-state index in [9.17, 15) is 18.4 Å². The van der Waals surface area contributed by atoms with Crippen LogP contribution < -0.4 is 10.2 Å². The van der Waals surface area contributed by atoms with Gasteiger partial charge >= 0.3 is 12.0 Å². The van der Waals surface area contributed by atoms with E-state index in [1.165, 1.54) is 34.1 Å². The minimum absolute atomic E-state index is 0.294. The zero-order valence-corrected chi connectivity index (χ0v) is 20.0. The van der Waals surface area contributed by atoms with Gasteiger partial charge in [0.2, 0.25) is 0 Å². The summed E-state index contributed by atoms with van der Waals surface area (Å²) in [5.41, 5.74) is 0.294. The number of esters is 1. The summed E-state index contributed by atoms with van der Waals surface area (Å²) in [5.74, 6) is -1.98. The molecule has 1 aliphatic carbocycles. The molecule has 0 saturated heterocycles. The van der Waals surface area contributed by atoms with Crippen LogP contribution in [0.25, 0.3) is 0 Å². The number of anilines is 2. The summed E-state index contributed by atoms with van der Waals surface area (Å²) in [7, 11) is 0. The molecule has 0 radical (unpaired) electrons. The zero-order chi connectivity index (χ0) is 23.3. The maximum Gasteiger partial charge on any atom is 0.328 e. The summed E-state index contributed by atoms with van der Waals surface area (Å²) in [6.07, 6.45) is 5.77. The lowest BCUT2D eigenvalue weighted by molar-refractivity contribution is -0.145. The molecule has 1 aromatic heterocycles. The van der Waals surface area contributed by atoms with Crippen LogP contribution in [0, 0.1) is 17.6 Å². The Kier molecular flexibility index (Phi) is 8.10. The molecule has 0 bridgehead atoms. The highest BCUT2D eigenvalue weighted by Gasteiger charge is 2.32. The summed E-state index contributed by atoms with van der Waals surface area (Å²) < 4.78 is 32.3. The number of benzene rings is 1. The molecule has 0 atom stereocenters. The smallest absolute Gasteiger partial charge is 0.328 e. The van der Waals surface area contributed by atoms with Crippen molar-refractivity contribution in [3.05, 3.63) is 36.0 Å². The van der Waals surface area contributed by atoms with Gasteiger partial charge in [-0.1, -0.05) is 35.9 Å². The standard InChI is InChI=1S/C22H27F2N3O3S2/c1-4-30-19(28)22(2,3)32-18-12-25-20(31-18)26-21(29)27(13-14-7-5-6-8-14)15-9-10-16(23)17(24)11-15/h9-12,14H,4-8,13H2,1-3H3,(H,25,26,29). The molecule has 1 N–H and O–H groups in total. The van der Waals surface area contributed by atoms with E-state index >= 15 is 0 Å². The molecule has 3 rings (SSSR count).